The molecule has 0 bridgehead atoms. The molecule has 1 aliphatic heterocycles. The molecule has 2 heterocycles. The van der Waals surface area contributed by atoms with Crippen LogP contribution in [0, 0.1) is 3.57 Å². The quantitative estimate of drug-likeness (QED) is 0.807. The predicted molar refractivity (Wildman–Crippen MR) is 89.1 cm³/mol. The lowest BCUT2D eigenvalue weighted by molar-refractivity contribution is 0.0258. The Kier molecular flexibility index (Phi) is 4.54. The summed E-state index contributed by atoms with van der Waals surface area (Å²) in [6, 6.07) is 7.69. The molecule has 110 valence electrons. The van der Waals surface area contributed by atoms with Gasteiger partial charge in [-0.3, -0.25) is 0 Å². The number of hydrogen-bond donors (Lipinski definition) is 1. The Hall–Kier alpha value is -1.41. The van der Waals surface area contributed by atoms with Crippen LogP contribution in [0.15, 0.2) is 30.5 Å². The summed E-state index contributed by atoms with van der Waals surface area (Å²) in [5.74, 6) is 1.85. The van der Waals surface area contributed by atoms with Crippen molar-refractivity contribution in [2.45, 2.75) is 18.9 Å². The molecule has 0 spiro atoms. The van der Waals surface area contributed by atoms with Gasteiger partial charge in [-0.05, 0) is 46.9 Å². The summed E-state index contributed by atoms with van der Waals surface area (Å²) in [7, 11) is 0. The van der Waals surface area contributed by atoms with Crippen molar-refractivity contribution in [3.8, 4) is 17.1 Å². The zero-order valence-electron chi connectivity index (χ0n) is 11.5. The van der Waals surface area contributed by atoms with E-state index in [1.165, 1.54) is 0 Å². The monoisotopic (exact) mass is 397 g/mol. The van der Waals surface area contributed by atoms with Crippen molar-refractivity contribution in [3.63, 3.8) is 0 Å². The molecule has 0 aliphatic carbocycles. The molecule has 0 atom stereocenters. The van der Waals surface area contributed by atoms with Gasteiger partial charge in [-0.15, -0.1) is 0 Å². The first kappa shape index (κ1) is 14.5. The fourth-order valence-corrected chi connectivity index (χ4v) is 2.75. The van der Waals surface area contributed by atoms with Crippen LogP contribution in [0.1, 0.15) is 12.8 Å². The minimum atomic E-state index is 0.179. The van der Waals surface area contributed by atoms with Gasteiger partial charge in [0, 0.05) is 22.6 Å². The SMILES string of the molecule is Nc1ccnc(-c2cc(I)ccc2OC2CCOCC2)n1. The van der Waals surface area contributed by atoms with Crippen LogP contribution >= 0.6 is 22.6 Å². The second-order valence-corrected chi connectivity index (χ2v) is 6.12. The Balaban J connectivity index is 1.92. The maximum atomic E-state index is 6.13. The Labute approximate surface area is 137 Å². The third-order valence-electron chi connectivity index (χ3n) is 3.32. The van der Waals surface area contributed by atoms with Crippen LogP contribution in [-0.4, -0.2) is 29.3 Å². The molecule has 2 aromatic rings. The van der Waals surface area contributed by atoms with Crippen LogP contribution in [0.3, 0.4) is 0 Å². The van der Waals surface area contributed by atoms with E-state index in [-0.39, 0.29) is 6.10 Å². The smallest absolute Gasteiger partial charge is 0.165 e. The molecule has 3 rings (SSSR count). The lowest BCUT2D eigenvalue weighted by Gasteiger charge is -2.24. The minimum absolute atomic E-state index is 0.179. The number of nitrogens with zero attached hydrogens (tertiary/aromatic N) is 2. The van der Waals surface area contributed by atoms with Crippen LogP contribution in [0.25, 0.3) is 11.4 Å². The van der Waals surface area contributed by atoms with Gasteiger partial charge in [-0.2, -0.15) is 0 Å². The number of benzene rings is 1. The highest BCUT2D eigenvalue weighted by Crippen LogP contribution is 2.31. The Morgan fingerprint density at radius 3 is 2.81 bits per heavy atom. The van der Waals surface area contributed by atoms with E-state index in [0.717, 1.165) is 40.9 Å². The van der Waals surface area contributed by atoms with E-state index in [4.69, 9.17) is 15.2 Å². The Morgan fingerprint density at radius 2 is 2.05 bits per heavy atom. The summed E-state index contributed by atoms with van der Waals surface area (Å²) in [6.07, 6.45) is 3.65. The normalized spacial score (nSPS) is 15.9. The highest BCUT2D eigenvalue weighted by molar-refractivity contribution is 14.1. The molecule has 1 fully saturated rings. The van der Waals surface area contributed by atoms with Crippen molar-refractivity contribution in [1.82, 2.24) is 9.97 Å². The average Bonchev–Trinajstić information content (AvgIpc) is 2.50. The number of anilines is 1. The van der Waals surface area contributed by atoms with Crippen molar-refractivity contribution in [2.24, 2.45) is 0 Å². The Bertz CT molecular complexity index is 630. The molecule has 5 nitrogen and oxygen atoms in total. The zero-order chi connectivity index (χ0) is 14.7. The fraction of sp³-hybridized carbons (Fsp3) is 0.333. The summed E-state index contributed by atoms with van der Waals surface area (Å²) >= 11 is 2.27. The molecule has 6 heteroatoms. The number of nitrogen functional groups attached to an aromatic ring is 1. The maximum absolute atomic E-state index is 6.13. The van der Waals surface area contributed by atoms with E-state index in [1.807, 2.05) is 18.2 Å². The van der Waals surface area contributed by atoms with E-state index < -0.39 is 0 Å². The van der Waals surface area contributed by atoms with Gasteiger partial charge in [0.2, 0.25) is 0 Å². The first-order valence-electron chi connectivity index (χ1n) is 6.85. The molecule has 1 aliphatic rings. The summed E-state index contributed by atoms with van der Waals surface area (Å²) < 4.78 is 12.6. The molecule has 1 aromatic carbocycles. The number of ether oxygens (including phenoxy) is 2. The molecule has 0 amide bonds. The summed E-state index contributed by atoms with van der Waals surface area (Å²) in [5.41, 5.74) is 6.63. The summed E-state index contributed by atoms with van der Waals surface area (Å²) in [6.45, 7) is 1.50. The number of hydrogen-bond acceptors (Lipinski definition) is 5. The van der Waals surface area contributed by atoms with E-state index in [1.54, 1.807) is 12.3 Å². The predicted octanol–water partition coefficient (Wildman–Crippen LogP) is 2.89. The van der Waals surface area contributed by atoms with Crippen LogP contribution in [0.2, 0.25) is 0 Å². The van der Waals surface area contributed by atoms with Crippen molar-refractivity contribution in [3.05, 3.63) is 34.0 Å². The Morgan fingerprint density at radius 1 is 1.24 bits per heavy atom. The van der Waals surface area contributed by atoms with E-state index in [0.29, 0.717) is 11.6 Å². The van der Waals surface area contributed by atoms with Crippen LogP contribution in [0.4, 0.5) is 5.82 Å². The van der Waals surface area contributed by atoms with Gasteiger partial charge in [0.1, 0.15) is 17.7 Å². The third kappa shape index (κ3) is 3.62. The van der Waals surface area contributed by atoms with Gasteiger partial charge in [-0.25, -0.2) is 9.97 Å². The summed E-state index contributed by atoms with van der Waals surface area (Å²) in [5, 5.41) is 0. The molecule has 0 radical (unpaired) electrons. The molecule has 0 saturated carbocycles. The van der Waals surface area contributed by atoms with E-state index in [2.05, 4.69) is 32.6 Å². The lowest BCUT2D eigenvalue weighted by atomic mass is 10.1. The molecule has 1 saturated heterocycles. The molecule has 1 aromatic heterocycles. The molecule has 0 unspecified atom stereocenters. The summed E-state index contributed by atoms with van der Waals surface area (Å²) in [4.78, 5) is 8.60. The van der Waals surface area contributed by atoms with Gasteiger partial charge in [0.25, 0.3) is 0 Å². The molecule has 2 N–H and O–H groups in total. The standard InChI is InChI=1S/C15H16IN3O2/c16-10-1-2-13(21-11-4-7-20-8-5-11)12(9-10)15-18-6-3-14(17)19-15/h1-3,6,9,11H,4-5,7-8H2,(H2,17,18,19). The maximum Gasteiger partial charge on any atom is 0.165 e. The van der Waals surface area contributed by atoms with Gasteiger partial charge in [-0.1, -0.05) is 0 Å². The number of nitrogens with two attached hydrogens (primary N) is 1. The van der Waals surface area contributed by atoms with Crippen molar-refractivity contribution in [2.75, 3.05) is 18.9 Å². The zero-order valence-corrected chi connectivity index (χ0v) is 13.6. The number of halogens is 1. The first-order chi connectivity index (χ1) is 10.2. The highest BCUT2D eigenvalue weighted by Gasteiger charge is 2.18. The van der Waals surface area contributed by atoms with Gasteiger partial charge >= 0.3 is 0 Å². The van der Waals surface area contributed by atoms with Gasteiger partial charge in [0.15, 0.2) is 5.82 Å². The minimum Gasteiger partial charge on any atom is -0.489 e. The van der Waals surface area contributed by atoms with Crippen molar-refractivity contribution >= 4 is 28.4 Å². The largest absolute Gasteiger partial charge is 0.489 e. The second kappa shape index (κ2) is 6.57. The average molecular weight is 397 g/mol. The van der Waals surface area contributed by atoms with Crippen LogP contribution in [-0.2, 0) is 4.74 Å². The number of aromatic nitrogens is 2. The molecular weight excluding hydrogens is 381 g/mol. The molecule has 21 heavy (non-hydrogen) atoms. The van der Waals surface area contributed by atoms with Gasteiger partial charge < -0.3 is 15.2 Å². The van der Waals surface area contributed by atoms with Crippen LogP contribution in [0.5, 0.6) is 5.75 Å². The topological polar surface area (TPSA) is 70.3 Å². The second-order valence-electron chi connectivity index (χ2n) is 4.88. The lowest BCUT2D eigenvalue weighted by Crippen LogP contribution is -2.26. The van der Waals surface area contributed by atoms with E-state index >= 15 is 0 Å². The van der Waals surface area contributed by atoms with Crippen LogP contribution < -0.4 is 10.5 Å². The highest BCUT2D eigenvalue weighted by atomic mass is 127. The fourth-order valence-electron chi connectivity index (χ4n) is 2.26. The van der Waals surface area contributed by atoms with E-state index in [9.17, 15) is 0 Å². The van der Waals surface area contributed by atoms with Gasteiger partial charge in [0.05, 0.1) is 18.8 Å². The third-order valence-corrected chi connectivity index (χ3v) is 3.99. The number of rotatable bonds is 3. The first-order valence-corrected chi connectivity index (χ1v) is 7.93. The van der Waals surface area contributed by atoms with Crippen molar-refractivity contribution < 1.29 is 9.47 Å². The molecular formula is C15H16IN3O2. The van der Waals surface area contributed by atoms with Crippen molar-refractivity contribution in [1.29, 1.82) is 0 Å².